The van der Waals surface area contributed by atoms with Crippen molar-refractivity contribution in [3.05, 3.63) is 24.3 Å². The van der Waals surface area contributed by atoms with E-state index in [0.29, 0.717) is 5.46 Å². The summed E-state index contributed by atoms with van der Waals surface area (Å²) in [7, 11) is 0.283. The van der Waals surface area contributed by atoms with Gasteiger partial charge in [0.05, 0.1) is 5.69 Å². The van der Waals surface area contributed by atoms with Crippen LogP contribution in [0.25, 0.3) is 0 Å². The largest absolute Gasteiger partial charge is 0.488 e. The first-order chi connectivity index (χ1) is 5.61. The Hall–Kier alpha value is -0.705. The Balaban J connectivity index is 2.86. The molecule has 1 aromatic carbocycles. The highest BCUT2D eigenvalue weighted by Crippen LogP contribution is 2.11. The maximum atomic E-state index is 8.76. The van der Waals surface area contributed by atoms with Gasteiger partial charge in [0.15, 0.2) is 0 Å². The maximum Gasteiger partial charge on any atom is 0.488 e. The van der Waals surface area contributed by atoms with E-state index in [0.717, 1.165) is 5.69 Å². The third-order valence-corrected chi connectivity index (χ3v) is 1.74. The molecule has 1 aromatic rings. The van der Waals surface area contributed by atoms with Gasteiger partial charge in [-0.1, -0.05) is 12.1 Å². The summed E-state index contributed by atoms with van der Waals surface area (Å²) in [5.74, 6) is 0. The third kappa shape index (κ3) is 2.14. The van der Waals surface area contributed by atoms with Gasteiger partial charge >= 0.3 is 7.12 Å². The second-order valence-electron chi connectivity index (χ2n) is 2.44. The smallest absolute Gasteiger partial charge is 0.423 e. The van der Waals surface area contributed by atoms with E-state index >= 15 is 0 Å². The van der Waals surface area contributed by atoms with E-state index in [1.165, 1.54) is 4.42 Å². The van der Waals surface area contributed by atoms with Gasteiger partial charge in [-0.25, -0.2) is 0 Å². The summed E-state index contributed by atoms with van der Waals surface area (Å²) < 4.78 is 1.42. The van der Waals surface area contributed by atoms with E-state index in [9.17, 15) is 0 Å². The molecule has 0 spiro atoms. The van der Waals surface area contributed by atoms with Crippen LogP contribution in [-0.4, -0.2) is 24.2 Å². The summed E-state index contributed by atoms with van der Waals surface area (Å²) in [6, 6.07) is 6.64. The summed E-state index contributed by atoms with van der Waals surface area (Å²) in [6.45, 7) is 0. The third-order valence-electron chi connectivity index (χ3n) is 1.55. The molecule has 0 saturated carbocycles. The summed E-state index contributed by atoms with van der Waals surface area (Å²) in [5.41, 5.74) is 1.26. The van der Waals surface area contributed by atoms with Crippen LogP contribution in [0, 0.1) is 0 Å². The quantitative estimate of drug-likeness (QED) is 0.502. The lowest BCUT2D eigenvalue weighted by Crippen LogP contribution is -2.29. The SMILES string of the molecule is CN(Cl)c1ccc(B(O)O)cc1. The van der Waals surface area contributed by atoms with Crippen molar-refractivity contribution in [1.29, 1.82) is 0 Å². The average molecular weight is 185 g/mol. The molecule has 3 nitrogen and oxygen atoms in total. The average Bonchev–Trinajstić information content (AvgIpc) is 2.04. The Morgan fingerprint density at radius 1 is 1.25 bits per heavy atom. The first kappa shape index (κ1) is 9.38. The number of hydrogen-bond donors (Lipinski definition) is 2. The molecule has 0 fully saturated rings. The lowest BCUT2D eigenvalue weighted by molar-refractivity contribution is 0.426. The zero-order valence-corrected chi connectivity index (χ0v) is 7.36. The van der Waals surface area contributed by atoms with E-state index in [4.69, 9.17) is 21.8 Å². The van der Waals surface area contributed by atoms with Crippen molar-refractivity contribution < 1.29 is 10.0 Å². The molecule has 2 N–H and O–H groups in total. The van der Waals surface area contributed by atoms with Crippen LogP contribution < -0.4 is 9.88 Å². The molecule has 0 bridgehead atoms. The zero-order chi connectivity index (χ0) is 9.14. The number of anilines is 1. The van der Waals surface area contributed by atoms with Crippen LogP contribution in [0.15, 0.2) is 24.3 Å². The molecule has 0 aliphatic rings. The first-order valence-electron chi connectivity index (χ1n) is 3.47. The van der Waals surface area contributed by atoms with Crippen LogP contribution in [0.2, 0.25) is 0 Å². The Morgan fingerprint density at radius 2 is 1.75 bits per heavy atom. The van der Waals surface area contributed by atoms with Crippen LogP contribution in [-0.2, 0) is 0 Å². The maximum absolute atomic E-state index is 8.76. The van der Waals surface area contributed by atoms with Crippen molar-refractivity contribution in [3.8, 4) is 0 Å². The van der Waals surface area contributed by atoms with E-state index in [2.05, 4.69) is 0 Å². The van der Waals surface area contributed by atoms with Gasteiger partial charge in [-0.3, -0.25) is 4.42 Å². The molecule has 64 valence electrons. The summed E-state index contributed by atoms with van der Waals surface area (Å²) in [4.78, 5) is 0. The van der Waals surface area contributed by atoms with Gasteiger partial charge in [-0.15, -0.1) is 0 Å². The van der Waals surface area contributed by atoms with Gasteiger partial charge in [-0.05, 0) is 17.6 Å². The van der Waals surface area contributed by atoms with E-state index in [-0.39, 0.29) is 0 Å². The predicted octanol–water partition coefficient (Wildman–Crippen LogP) is -0.0436. The molecule has 5 heteroatoms. The Kier molecular flexibility index (Phi) is 2.97. The molecule has 0 aliphatic heterocycles. The standard InChI is InChI=1S/C7H9BClNO2/c1-10(9)7-4-2-6(3-5-7)8(11)12/h2-5,11-12H,1H3. The minimum absolute atomic E-state index is 0.456. The van der Waals surface area contributed by atoms with Crippen molar-refractivity contribution in [2.45, 2.75) is 0 Å². The normalized spacial score (nSPS) is 9.67. The van der Waals surface area contributed by atoms with Gasteiger partial charge in [0.25, 0.3) is 0 Å². The highest BCUT2D eigenvalue weighted by molar-refractivity contribution is 6.58. The number of benzene rings is 1. The van der Waals surface area contributed by atoms with Crippen molar-refractivity contribution >= 4 is 30.0 Å². The number of rotatable bonds is 2. The fourth-order valence-electron chi connectivity index (χ4n) is 0.852. The molecule has 0 aliphatic carbocycles. The van der Waals surface area contributed by atoms with Crippen LogP contribution in [0.4, 0.5) is 5.69 Å². The molecule has 0 aromatic heterocycles. The fourth-order valence-corrected chi connectivity index (χ4v) is 0.965. The molecule has 1 rings (SSSR count). The van der Waals surface area contributed by atoms with Gasteiger partial charge < -0.3 is 10.0 Å². The fraction of sp³-hybridized carbons (Fsp3) is 0.143. The van der Waals surface area contributed by atoms with Crippen molar-refractivity contribution in [2.75, 3.05) is 11.5 Å². The van der Waals surface area contributed by atoms with Crippen molar-refractivity contribution in [1.82, 2.24) is 0 Å². The number of halogens is 1. The van der Waals surface area contributed by atoms with Crippen molar-refractivity contribution in [3.63, 3.8) is 0 Å². The number of nitrogens with zero attached hydrogens (tertiary/aromatic N) is 1. The minimum atomic E-state index is -1.42. The molecule has 0 saturated heterocycles. The molecular formula is C7H9BClNO2. The molecule has 0 atom stereocenters. The Labute approximate surface area is 76.5 Å². The predicted molar refractivity (Wildman–Crippen MR) is 50.5 cm³/mol. The lowest BCUT2D eigenvalue weighted by Gasteiger charge is -2.08. The van der Waals surface area contributed by atoms with E-state index in [1.807, 2.05) is 0 Å². The first-order valence-corrected chi connectivity index (χ1v) is 3.80. The van der Waals surface area contributed by atoms with Crippen LogP contribution >= 0.6 is 11.8 Å². The van der Waals surface area contributed by atoms with Gasteiger partial charge in [-0.2, -0.15) is 0 Å². The number of hydrogen-bond acceptors (Lipinski definition) is 3. The second kappa shape index (κ2) is 3.80. The highest BCUT2D eigenvalue weighted by atomic mass is 35.5. The van der Waals surface area contributed by atoms with E-state index < -0.39 is 7.12 Å². The van der Waals surface area contributed by atoms with Gasteiger partial charge in [0, 0.05) is 18.8 Å². The van der Waals surface area contributed by atoms with Gasteiger partial charge in [0.2, 0.25) is 0 Å². The Bertz CT molecular complexity index is 223. The molecular weight excluding hydrogens is 176 g/mol. The zero-order valence-electron chi connectivity index (χ0n) is 6.61. The van der Waals surface area contributed by atoms with E-state index in [1.54, 1.807) is 31.3 Å². The molecule has 0 amide bonds. The van der Waals surface area contributed by atoms with Gasteiger partial charge in [0.1, 0.15) is 0 Å². The molecule has 0 radical (unpaired) electrons. The summed E-state index contributed by atoms with van der Waals surface area (Å²) in [5, 5.41) is 17.5. The summed E-state index contributed by atoms with van der Waals surface area (Å²) >= 11 is 5.64. The molecule has 12 heavy (non-hydrogen) atoms. The Morgan fingerprint density at radius 3 is 2.08 bits per heavy atom. The summed E-state index contributed by atoms with van der Waals surface area (Å²) in [6.07, 6.45) is 0. The van der Waals surface area contributed by atoms with Crippen LogP contribution in [0.1, 0.15) is 0 Å². The topological polar surface area (TPSA) is 43.7 Å². The second-order valence-corrected chi connectivity index (χ2v) is 2.95. The molecule has 0 heterocycles. The monoisotopic (exact) mass is 185 g/mol. The van der Waals surface area contributed by atoms with Crippen molar-refractivity contribution in [2.24, 2.45) is 0 Å². The lowest BCUT2D eigenvalue weighted by atomic mass is 9.80. The molecule has 0 unspecified atom stereocenters. The minimum Gasteiger partial charge on any atom is -0.423 e. The highest BCUT2D eigenvalue weighted by Gasteiger charge is 2.09. The van der Waals surface area contributed by atoms with Crippen LogP contribution in [0.5, 0.6) is 0 Å². The van der Waals surface area contributed by atoms with Crippen LogP contribution in [0.3, 0.4) is 0 Å².